The molecule has 1 aliphatic heterocycles. The van der Waals surface area contributed by atoms with Gasteiger partial charge in [-0.3, -0.25) is 14.4 Å². The molecule has 6 nitrogen and oxygen atoms in total. The molecule has 0 amide bonds. The Labute approximate surface area is 178 Å². The molecular weight excluding hydrogens is 384 g/mol. The van der Waals surface area contributed by atoms with Gasteiger partial charge in [-0.05, 0) is 46.1 Å². The van der Waals surface area contributed by atoms with E-state index in [1.165, 1.54) is 20.1 Å². The lowest BCUT2D eigenvalue weighted by Gasteiger charge is -2.38. The normalized spacial score (nSPS) is 29.6. The Morgan fingerprint density at radius 3 is 2.53 bits per heavy atom. The van der Waals surface area contributed by atoms with Crippen LogP contribution in [0, 0.1) is 11.8 Å². The number of esters is 2. The van der Waals surface area contributed by atoms with Crippen LogP contribution >= 0.6 is 0 Å². The number of hydrogen-bond acceptors (Lipinski definition) is 6. The first-order valence-corrected chi connectivity index (χ1v) is 10.3. The topological polar surface area (TPSA) is 78.9 Å². The predicted molar refractivity (Wildman–Crippen MR) is 113 cm³/mol. The highest BCUT2D eigenvalue weighted by Crippen LogP contribution is 2.43. The van der Waals surface area contributed by atoms with Crippen molar-refractivity contribution in [1.82, 2.24) is 0 Å². The van der Waals surface area contributed by atoms with Crippen LogP contribution in [0.3, 0.4) is 0 Å². The minimum absolute atomic E-state index is 0.0401. The molecule has 4 atom stereocenters. The van der Waals surface area contributed by atoms with Crippen molar-refractivity contribution in [2.24, 2.45) is 11.8 Å². The number of carbonyl (C=O) groups excluding carboxylic acids is 3. The summed E-state index contributed by atoms with van der Waals surface area (Å²) < 4.78 is 16.7. The molecule has 30 heavy (non-hydrogen) atoms. The quantitative estimate of drug-likeness (QED) is 0.483. The molecule has 0 radical (unpaired) electrons. The van der Waals surface area contributed by atoms with Crippen molar-refractivity contribution in [2.45, 2.75) is 72.2 Å². The van der Waals surface area contributed by atoms with Crippen LogP contribution < -0.4 is 0 Å². The van der Waals surface area contributed by atoms with Gasteiger partial charge in [-0.2, -0.15) is 0 Å². The number of fused-ring (bicyclic) bond motifs is 1. The van der Waals surface area contributed by atoms with Crippen LogP contribution in [-0.4, -0.2) is 29.6 Å². The lowest BCUT2D eigenvalue weighted by atomic mass is 9.74. The highest BCUT2D eigenvalue weighted by Gasteiger charge is 2.43. The van der Waals surface area contributed by atoms with E-state index in [2.05, 4.69) is 6.58 Å². The van der Waals surface area contributed by atoms with Gasteiger partial charge in [0.15, 0.2) is 5.78 Å². The molecule has 0 fully saturated rings. The van der Waals surface area contributed by atoms with Crippen LogP contribution in [0.25, 0.3) is 0 Å². The van der Waals surface area contributed by atoms with Crippen molar-refractivity contribution in [2.75, 3.05) is 0 Å². The van der Waals surface area contributed by atoms with Crippen molar-refractivity contribution in [1.29, 1.82) is 0 Å². The monoisotopic (exact) mass is 416 g/mol. The largest absolute Gasteiger partial charge is 0.461 e. The van der Waals surface area contributed by atoms with Crippen LogP contribution in [0.1, 0.15) is 60.3 Å². The maximum absolute atomic E-state index is 13.0. The van der Waals surface area contributed by atoms with Crippen molar-refractivity contribution in [3.05, 3.63) is 47.8 Å². The first-order valence-electron chi connectivity index (χ1n) is 10.3. The van der Waals surface area contributed by atoms with Crippen LogP contribution in [0.4, 0.5) is 0 Å². The summed E-state index contributed by atoms with van der Waals surface area (Å²) in [6.07, 6.45) is 8.06. The summed E-state index contributed by atoms with van der Waals surface area (Å²) in [6.45, 7) is 12.6. The molecule has 6 heteroatoms. The molecule has 0 N–H and O–H groups in total. The fourth-order valence-electron chi connectivity index (χ4n) is 3.99. The van der Waals surface area contributed by atoms with Crippen molar-refractivity contribution >= 4 is 17.7 Å². The Bertz CT molecular complexity index is 799. The Morgan fingerprint density at radius 1 is 1.23 bits per heavy atom. The molecule has 0 spiro atoms. The zero-order valence-electron chi connectivity index (χ0n) is 18.5. The molecule has 0 saturated carbocycles. The van der Waals surface area contributed by atoms with E-state index >= 15 is 0 Å². The second-order valence-electron chi connectivity index (χ2n) is 8.44. The lowest BCUT2D eigenvalue weighted by Crippen LogP contribution is -2.40. The molecule has 1 aliphatic carbocycles. The minimum atomic E-state index is -0.841. The standard InChI is InChI=1S/C24H32O6/c1-15(2)9-10-21(27)20-14-28-23(29-17(4)25)22-16(3)8-7-12-24(6,30-18(5)26)13-11-19(20)22/h7,9,12,14,19,22-23H,3,8,10-11,13H2,1-2,4-6H3/b12-7+/t19-,22+,23+,24-/m1/s1. The molecule has 0 saturated heterocycles. The summed E-state index contributed by atoms with van der Waals surface area (Å²) >= 11 is 0. The van der Waals surface area contributed by atoms with E-state index in [0.29, 0.717) is 24.8 Å². The third kappa shape index (κ3) is 6.18. The number of ketones is 1. The van der Waals surface area contributed by atoms with Gasteiger partial charge in [0.25, 0.3) is 0 Å². The Balaban J connectivity index is 2.42. The molecule has 0 aromatic heterocycles. The fourth-order valence-corrected chi connectivity index (χ4v) is 3.99. The van der Waals surface area contributed by atoms with Gasteiger partial charge >= 0.3 is 11.9 Å². The minimum Gasteiger partial charge on any atom is -0.461 e. The van der Waals surface area contributed by atoms with Crippen LogP contribution in [0.2, 0.25) is 0 Å². The SMILES string of the molecule is C=C1C/C=C/[C@@](C)(OC(C)=O)CC[C@@H]2C(C(=O)CC=C(C)C)=CO[C@@H](OC(C)=O)[C@@H]12. The van der Waals surface area contributed by atoms with Gasteiger partial charge < -0.3 is 14.2 Å². The van der Waals surface area contributed by atoms with Crippen LogP contribution in [-0.2, 0) is 28.6 Å². The fraction of sp³-hybridized carbons (Fsp3) is 0.542. The molecule has 0 aromatic rings. The Hall–Kier alpha value is -2.63. The number of carbonyl (C=O) groups is 3. The Kier molecular flexibility index (Phi) is 7.82. The predicted octanol–water partition coefficient (Wildman–Crippen LogP) is 4.57. The zero-order valence-corrected chi connectivity index (χ0v) is 18.5. The maximum atomic E-state index is 13.0. The van der Waals surface area contributed by atoms with E-state index in [1.54, 1.807) is 0 Å². The molecule has 0 aromatic carbocycles. The third-order valence-electron chi connectivity index (χ3n) is 5.41. The van der Waals surface area contributed by atoms with Gasteiger partial charge in [0.2, 0.25) is 6.29 Å². The summed E-state index contributed by atoms with van der Waals surface area (Å²) in [5, 5.41) is 0. The molecule has 1 heterocycles. The van der Waals surface area contributed by atoms with E-state index < -0.39 is 17.9 Å². The smallest absolute Gasteiger partial charge is 0.305 e. The first-order chi connectivity index (χ1) is 14.0. The van der Waals surface area contributed by atoms with Crippen molar-refractivity contribution in [3.63, 3.8) is 0 Å². The van der Waals surface area contributed by atoms with E-state index in [-0.39, 0.29) is 30.0 Å². The summed E-state index contributed by atoms with van der Waals surface area (Å²) in [5.41, 5.74) is 1.62. The zero-order chi connectivity index (χ0) is 22.5. The highest BCUT2D eigenvalue weighted by molar-refractivity contribution is 5.96. The van der Waals surface area contributed by atoms with Gasteiger partial charge in [0.05, 0.1) is 12.2 Å². The van der Waals surface area contributed by atoms with Crippen LogP contribution in [0.5, 0.6) is 0 Å². The van der Waals surface area contributed by atoms with Gasteiger partial charge in [0.1, 0.15) is 5.60 Å². The second-order valence-corrected chi connectivity index (χ2v) is 8.44. The maximum Gasteiger partial charge on any atom is 0.305 e. The third-order valence-corrected chi connectivity index (χ3v) is 5.41. The summed E-state index contributed by atoms with van der Waals surface area (Å²) in [6, 6.07) is 0. The van der Waals surface area contributed by atoms with Gasteiger partial charge in [-0.1, -0.05) is 29.9 Å². The van der Waals surface area contributed by atoms with E-state index in [9.17, 15) is 14.4 Å². The average Bonchev–Trinajstić information content (AvgIpc) is 2.68. The van der Waals surface area contributed by atoms with Gasteiger partial charge in [-0.25, -0.2) is 0 Å². The number of hydrogen-bond donors (Lipinski definition) is 0. The Morgan fingerprint density at radius 2 is 1.93 bits per heavy atom. The number of Topliss-reactive ketones (excluding diaryl/α,β-unsaturated/α-hetero) is 1. The van der Waals surface area contributed by atoms with Crippen LogP contribution in [0.15, 0.2) is 47.8 Å². The van der Waals surface area contributed by atoms with Gasteiger partial charge in [0, 0.05) is 31.8 Å². The van der Waals surface area contributed by atoms with E-state index in [4.69, 9.17) is 14.2 Å². The number of ether oxygens (including phenoxy) is 3. The van der Waals surface area contributed by atoms with Gasteiger partial charge in [-0.15, -0.1) is 0 Å². The summed E-state index contributed by atoms with van der Waals surface area (Å²) in [4.78, 5) is 36.2. The van der Waals surface area contributed by atoms with Crippen molar-refractivity contribution in [3.8, 4) is 0 Å². The second kappa shape index (κ2) is 9.92. The molecule has 0 unspecified atom stereocenters. The number of rotatable bonds is 5. The molecular formula is C24H32O6. The highest BCUT2D eigenvalue weighted by atomic mass is 16.7. The molecule has 2 aliphatic rings. The van der Waals surface area contributed by atoms with E-state index in [1.807, 2.05) is 39.0 Å². The molecule has 164 valence electrons. The average molecular weight is 417 g/mol. The van der Waals surface area contributed by atoms with Crippen molar-refractivity contribution < 1.29 is 28.6 Å². The summed E-state index contributed by atoms with van der Waals surface area (Å²) in [5.74, 6) is -1.49. The lowest BCUT2D eigenvalue weighted by molar-refractivity contribution is -0.180. The molecule has 0 bridgehead atoms. The van der Waals surface area contributed by atoms with E-state index in [0.717, 1.165) is 11.1 Å². The molecule has 2 rings (SSSR count). The number of allylic oxidation sites excluding steroid dienone is 4. The summed E-state index contributed by atoms with van der Waals surface area (Å²) in [7, 11) is 0. The first kappa shape index (κ1) is 23.6.